The number of amides is 1. The highest BCUT2D eigenvalue weighted by Gasteiger charge is 2.16. The second kappa shape index (κ2) is 8.59. The molecule has 4 heteroatoms. The summed E-state index contributed by atoms with van der Waals surface area (Å²) in [6, 6.07) is 16.0. The summed E-state index contributed by atoms with van der Waals surface area (Å²) < 4.78 is 0. The van der Waals surface area contributed by atoms with Crippen molar-refractivity contribution in [3.8, 4) is 0 Å². The lowest BCUT2D eigenvalue weighted by atomic mass is 9.98. The number of hydrogen-bond donors (Lipinski definition) is 1. The van der Waals surface area contributed by atoms with Crippen LogP contribution in [0.15, 0.2) is 48.5 Å². The highest BCUT2D eigenvalue weighted by Crippen LogP contribution is 2.24. The molecule has 0 radical (unpaired) electrons. The molecule has 1 aliphatic heterocycles. The topological polar surface area (TPSA) is 32.3 Å². The van der Waals surface area contributed by atoms with Crippen LogP contribution in [0, 0.1) is 5.92 Å². The molecule has 1 amide bonds. The summed E-state index contributed by atoms with van der Waals surface area (Å²) >= 11 is 5.98. The van der Waals surface area contributed by atoms with E-state index in [1.54, 1.807) is 0 Å². The number of rotatable bonds is 5. The Bertz CT molecular complexity index is 736. The summed E-state index contributed by atoms with van der Waals surface area (Å²) in [7, 11) is 0. The van der Waals surface area contributed by atoms with Gasteiger partial charge in [0.05, 0.1) is 12.5 Å². The molecule has 1 saturated heterocycles. The quantitative estimate of drug-likeness (QED) is 0.803. The first kappa shape index (κ1) is 18.8. The van der Waals surface area contributed by atoms with Crippen LogP contribution in [0.25, 0.3) is 0 Å². The number of anilines is 1. The Labute approximate surface area is 161 Å². The Balaban J connectivity index is 1.56. The summed E-state index contributed by atoms with van der Waals surface area (Å²) in [4.78, 5) is 14.7. The fourth-order valence-corrected chi connectivity index (χ4v) is 3.66. The second-order valence-electron chi connectivity index (χ2n) is 7.36. The van der Waals surface area contributed by atoms with Crippen LogP contribution in [0.2, 0.25) is 5.02 Å². The van der Waals surface area contributed by atoms with Gasteiger partial charge in [0.1, 0.15) is 0 Å². The van der Waals surface area contributed by atoms with E-state index in [9.17, 15) is 4.79 Å². The van der Waals surface area contributed by atoms with Crippen molar-refractivity contribution in [2.45, 2.75) is 39.2 Å². The van der Waals surface area contributed by atoms with E-state index >= 15 is 0 Å². The number of nitrogens with zero attached hydrogens (tertiary/aromatic N) is 1. The lowest BCUT2D eigenvalue weighted by Crippen LogP contribution is -2.32. The van der Waals surface area contributed by atoms with Crippen molar-refractivity contribution in [2.24, 2.45) is 5.92 Å². The molecule has 2 aromatic rings. The molecule has 1 aliphatic rings. The molecule has 3 nitrogen and oxygen atoms in total. The normalized spacial score (nSPS) is 16.3. The van der Waals surface area contributed by atoms with Crippen molar-refractivity contribution in [1.82, 2.24) is 5.32 Å². The second-order valence-corrected chi connectivity index (χ2v) is 7.79. The zero-order valence-electron chi connectivity index (χ0n) is 15.5. The van der Waals surface area contributed by atoms with Crippen LogP contribution in [0.5, 0.6) is 0 Å². The van der Waals surface area contributed by atoms with Crippen molar-refractivity contribution in [3.63, 3.8) is 0 Å². The van der Waals surface area contributed by atoms with E-state index in [0.29, 0.717) is 11.4 Å². The zero-order chi connectivity index (χ0) is 18.5. The van der Waals surface area contributed by atoms with Gasteiger partial charge in [0.25, 0.3) is 0 Å². The minimum atomic E-state index is -0.0166. The third-order valence-corrected chi connectivity index (χ3v) is 5.41. The predicted molar refractivity (Wildman–Crippen MR) is 109 cm³/mol. The van der Waals surface area contributed by atoms with E-state index < -0.39 is 0 Å². The molecule has 0 aliphatic carbocycles. The highest BCUT2D eigenvalue weighted by molar-refractivity contribution is 6.30. The number of halogens is 1. The molecule has 138 valence electrons. The lowest BCUT2D eigenvalue weighted by molar-refractivity contribution is -0.121. The maximum atomic E-state index is 12.3. The summed E-state index contributed by atoms with van der Waals surface area (Å²) in [5.41, 5.74) is 3.33. The van der Waals surface area contributed by atoms with Gasteiger partial charge in [-0.25, -0.2) is 0 Å². The Kier molecular flexibility index (Phi) is 6.20. The lowest BCUT2D eigenvalue weighted by Gasteiger charge is -2.32. The SMILES string of the molecule is CC1CCN(c2ccc([C@@H](C)NC(=O)Cc3cccc(Cl)c3)cc2)CC1. The number of benzene rings is 2. The van der Waals surface area contributed by atoms with Crippen LogP contribution in [-0.4, -0.2) is 19.0 Å². The molecule has 2 aromatic carbocycles. The molecule has 0 spiro atoms. The number of carbonyl (C=O) groups is 1. The first-order valence-corrected chi connectivity index (χ1v) is 9.78. The van der Waals surface area contributed by atoms with Crippen molar-refractivity contribution in [3.05, 3.63) is 64.7 Å². The van der Waals surface area contributed by atoms with E-state index in [4.69, 9.17) is 11.6 Å². The smallest absolute Gasteiger partial charge is 0.224 e. The van der Waals surface area contributed by atoms with Crippen molar-refractivity contribution in [2.75, 3.05) is 18.0 Å². The van der Waals surface area contributed by atoms with Gasteiger partial charge < -0.3 is 10.2 Å². The fourth-order valence-electron chi connectivity index (χ4n) is 3.45. The third-order valence-electron chi connectivity index (χ3n) is 5.17. The van der Waals surface area contributed by atoms with E-state index in [0.717, 1.165) is 30.1 Å². The molecule has 1 fully saturated rings. The molecule has 0 aromatic heterocycles. The monoisotopic (exact) mass is 370 g/mol. The first-order valence-electron chi connectivity index (χ1n) is 9.40. The molecule has 3 rings (SSSR count). The number of nitrogens with one attached hydrogen (secondary N) is 1. The largest absolute Gasteiger partial charge is 0.372 e. The van der Waals surface area contributed by atoms with Gasteiger partial charge in [-0.2, -0.15) is 0 Å². The number of hydrogen-bond acceptors (Lipinski definition) is 2. The maximum absolute atomic E-state index is 12.3. The minimum absolute atomic E-state index is 0.00820. The van der Waals surface area contributed by atoms with Crippen LogP contribution in [0.3, 0.4) is 0 Å². The molecule has 1 N–H and O–H groups in total. The summed E-state index contributed by atoms with van der Waals surface area (Å²) in [6.45, 7) is 6.61. The number of piperidine rings is 1. The molecular weight excluding hydrogens is 344 g/mol. The van der Waals surface area contributed by atoms with Crippen molar-refractivity contribution >= 4 is 23.2 Å². The van der Waals surface area contributed by atoms with E-state index in [1.165, 1.54) is 18.5 Å². The fraction of sp³-hybridized carbons (Fsp3) is 0.409. The van der Waals surface area contributed by atoms with E-state index in [-0.39, 0.29) is 11.9 Å². The summed E-state index contributed by atoms with van der Waals surface area (Å²) in [5, 5.41) is 3.73. The van der Waals surface area contributed by atoms with Crippen LogP contribution >= 0.6 is 11.6 Å². The molecule has 1 heterocycles. The maximum Gasteiger partial charge on any atom is 0.224 e. The Morgan fingerprint density at radius 1 is 1.19 bits per heavy atom. The highest BCUT2D eigenvalue weighted by atomic mass is 35.5. The van der Waals surface area contributed by atoms with Gasteiger partial charge in [-0.3, -0.25) is 4.79 Å². The van der Waals surface area contributed by atoms with Crippen LogP contribution in [0.4, 0.5) is 5.69 Å². The van der Waals surface area contributed by atoms with Gasteiger partial charge in [-0.1, -0.05) is 42.8 Å². The summed E-state index contributed by atoms with van der Waals surface area (Å²) in [5.74, 6) is 0.842. The van der Waals surface area contributed by atoms with Crippen LogP contribution < -0.4 is 10.2 Å². The van der Waals surface area contributed by atoms with Gasteiger partial charge in [0.2, 0.25) is 5.91 Å². The van der Waals surface area contributed by atoms with Gasteiger partial charge in [0.15, 0.2) is 0 Å². The zero-order valence-corrected chi connectivity index (χ0v) is 16.3. The average Bonchev–Trinajstić information content (AvgIpc) is 2.62. The average molecular weight is 371 g/mol. The Hall–Kier alpha value is -2.00. The Morgan fingerprint density at radius 3 is 2.54 bits per heavy atom. The van der Waals surface area contributed by atoms with Gasteiger partial charge >= 0.3 is 0 Å². The van der Waals surface area contributed by atoms with Crippen molar-refractivity contribution in [1.29, 1.82) is 0 Å². The molecule has 1 atom stereocenters. The third kappa shape index (κ3) is 5.01. The minimum Gasteiger partial charge on any atom is -0.372 e. The molecular formula is C22H27ClN2O. The molecule has 0 bridgehead atoms. The van der Waals surface area contributed by atoms with Crippen molar-refractivity contribution < 1.29 is 4.79 Å². The number of carbonyl (C=O) groups excluding carboxylic acids is 1. The van der Waals surface area contributed by atoms with E-state index in [1.807, 2.05) is 31.2 Å². The van der Waals surface area contributed by atoms with Crippen LogP contribution in [-0.2, 0) is 11.2 Å². The Morgan fingerprint density at radius 2 is 1.88 bits per heavy atom. The molecule has 0 unspecified atom stereocenters. The van der Waals surface area contributed by atoms with Gasteiger partial charge in [-0.05, 0) is 61.1 Å². The predicted octanol–water partition coefficient (Wildman–Crippen LogP) is 5.00. The van der Waals surface area contributed by atoms with Gasteiger partial charge in [0, 0.05) is 23.8 Å². The first-order chi connectivity index (χ1) is 12.5. The standard InChI is InChI=1S/C22H27ClN2O/c1-16-10-12-25(13-11-16)21-8-6-19(7-9-21)17(2)24-22(26)15-18-4-3-5-20(23)14-18/h3-9,14,16-17H,10-13,15H2,1-2H3,(H,24,26)/t17-/m1/s1. The molecule has 26 heavy (non-hydrogen) atoms. The molecule has 0 saturated carbocycles. The van der Waals surface area contributed by atoms with Gasteiger partial charge in [-0.15, -0.1) is 0 Å². The van der Waals surface area contributed by atoms with E-state index in [2.05, 4.69) is 41.4 Å². The summed E-state index contributed by atoms with van der Waals surface area (Å²) in [6.07, 6.45) is 2.87. The van der Waals surface area contributed by atoms with Crippen LogP contribution in [0.1, 0.15) is 43.9 Å².